The van der Waals surface area contributed by atoms with Crippen molar-refractivity contribution in [2.24, 2.45) is 12.8 Å². The molecule has 1 aromatic heterocycles. The fourth-order valence-corrected chi connectivity index (χ4v) is 2.87. The van der Waals surface area contributed by atoms with Crippen molar-refractivity contribution in [3.05, 3.63) is 11.3 Å². The van der Waals surface area contributed by atoms with Crippen molar-refractivity contribution in [1.82, 2.24) is 9.78 Å². The van der Waals surface area contributed by atoms with Gasteiger partial charge >= 0.3 is 0 Å². The van der Waals surface area contributed by atoms with Gasteiger partial charge in [0.15, 0.2) is 0 Å². The van der Waals surface area contributed by atoms with Crippen LogP contribution >= 0.6 is 0 Å². The Labute approximate surface area is 112 Å². The van der Waals surface area contributed by atoms with E-state index in [-0.39, 0.29) is 18.5 Å². The summed E-state index contributed by atoms with van der Waals surface area (Å²) in [6, 6.07) is 2.46. The SMILES string of the molecule is Cc1nn(C)c(N(CC(N)=O)C2CCCC2)c1C#N. The summed E-state index contributed by atoms with van der Waals surface area (Å²) in [6.45, 7) is 1.94. The molecular weight excluding hydrogens is 242 g/mol. The molecule has 2 rings (SSSR count). The Bertz CT molecular complexity index is 522. The molecule has 0 unspecified atom stereocenters. The first-order valence-electron chi connectivity index (χ1n) is 6.53. The second-order valence-electron chi connectivity index (χ2n) is 5.05. The first-order valence-corrected chi connectivity index (χ1v) is 6.53. The minimum absolute atomic E-state index is 0.137. The lowest BCUT2D eigenvalue weighted by Crippen LogP contribution is -2.41. The van der Waals surface area contributed by atoms with E-state index in [1.807, 2.05) is 4.90 Å². The fourth-order valence-electron chi connectivity index (χ4n) is 2.87. The highest BCUT2D eigenvalue weighted by molar-refractivity contribution is 5.80. The lowest BCUT2D eigenvalue weighted by atomic mass is 10.1. The van der Waals surface area contributed by atoms with Crippen molar-refractivity contribution in [2.75, 3.05) is 11.4 Å². The number of hydrogen-bond donors (Lipinski definition) is 1. The molecule has 1 aliphatic rings. The maximum Gasteiger partial charge on any atom is 0.237 e. The van der Waals surface area contributed by atoms with Crippen LogP contribution in [0.3, 0.4) is 0 Å². The van der Waals surface area contributed by atoms with Crippen LogP contribution in [-0.2, 0) is 11.8 Å². The number of anilines is 1. The third-order valence-corrected chi connectivity index (χ3v) is 3.67. The Morgan fingerprint density at radius 1 is 1.58 bits per heavy atom. The van der Waals surface area contributed by atoms with Gasteiger partial charge in [-0.05, 0) is 19.8 Å². The summed E-state index contributed by atoms with van der Waals surface area (Å²) in [7, 11) is 1.80. The smallest absolute Gasteiger partial charge is 0.237 e. The Hall–Kier alpha value is -2.03. The lowest BCUT2D eigenvalue weighted by Gasteiger charge is -2.29. The first kappa shape index (κ1) is 13.4. The van der Waals surface area contributed by atoms with Crippen molar-refractivity contribution in [1.29, 1.82) is 5.26 Å². The molecule has 1 heterocycles. The molecule has 0 radical (unpaired) electrons. The van der Waals surface area contributed by atoms with Gasteiger partial charge in [-0.15, -0.1) is 0 Å². The van der Waals surface area contributed by atoms with Gasteiger partial charge in [0.25, 0.3) is 0 Å². The Morgan fingerprint density at radius 2 is 2.21 bits per heavy atom. The summed E-state index contributed by atoms with van der Waals surface area (Å²) in [5.74, 6) is 0.334. The molecule has 0 atom stereocenters. The number of rotatable bonds is 4. The van der Waals surface area contributed by atoms with Crippen molar-refractivity contribution < 1.29 is 4.79 Å². The van der Waals surface area contributed by atoms with Crippen molar-refractivity contribution in [3.63, 3.8) is 0 Å². The second kappa shape index (κ2) is 5.31. The van der Waals surface area contributed by atoms with Crippen LogP contribution in [0.1, 0.15) is 36.9 Å². The van der Waals surface area contributed by atoms with E-state index in [1.54, 1.807) is 18.7 Å². The Balaban J connectivity index is 2.42. The molecule has 1 aromatic rings. The minimum Gasteiger partial charge on any atom is -0.368 e. The van der Waals surface area contributed by atoms with Crippen molar-refractivity contribution >= 4 is 11.7 Å². The zero-order valence-electron chi connectivity index (χ0n) is 11.4. The molecule has 0 aliphatic heterocycles. The minimum atomic E-state index is -0.380. The highest BCUT2D eigenvalue weighted by atomic mass is 16.1. The number of carbonyl (C=O) groups is 1. The molecule has 1 amide bonds. The molecule has 1 aliphatic carbocycles. The van der Waals surface area contributed by atoms with Gasteiger partial charge in [-0.25, -0.2) is 0 Å². The van der Waals surface area contributed by atoms with Gasteiger partial charge in [0.1, 0.15) is 17.5 Å². The number of aryl methyl sites for hydroxylation is 2. The van der Waals surface area contributed by atoms with Crippen LogP contribution in [0.4, 0.5) is 5.82 Å². The molecule has 1 fully saturated rings. The average Bonchev–Trinajstić information content (AvgIpc) is 2.94. The number of aromatic nitrogens is 2. The molecule has 2 N–H and O–H groups in total. The lowest BCUT2D eigenvalue weighted by molar-refractivity contribution is -0.116. The summed E-state index contributed by atoms with van der Waals surface area (Å²) in [4.78, 5) is 13.3. The average molecular weight is 261 g/mol. The van der Waals surface area contributed by atoms with Crippen molar-refractivity contribution in [3.8, 4) is 6.07 Å². The van der Waals surface area contributed by atoms with Crippen LogP contribution in [0, 0.1) is 18.3 Å². The van der Waals surface area contributed by atoms with E-state index in [1.165, 1.54) is 0 Å². The summed E-state index contributed by atoms with van der Waals surface area (Å²) in [6.07, 6.45) is 4.36. The summed E-state index contributed by atoms with van der Waals surface area (Å²) in [5.41, 5.74) is 6.58. The fraction of sp³-hybridized carbons (Fsp3) is 0.615. The predicted octanol–water partition coefficient (Wildman–Crippen LogP) is 0.834. The number of amides is 1. The molecule has 102 valence electrons. The van der Waals surface area contributed by atoms with Crippen LogP contribution < -0.4 is 10.6 Å². The number of nitrogens with zero attached hydrogens (tertiary/aromatic N) is 4. The van der Waals surface area contributed by atoms with Gasteiger partial charge in [0.2, 0.25) is 5.91 Å². The van der Waals surface area contributed by atoms with Gasteiger partial charge in [0, 0.05) is 13.1 Å². The van der Waals surface area contributed by atoms with Gasteiger partial charge < -0.3 is 10.6 Å². The quantitative estimate of drug-likeness (QED) is 0.869. The standard InChI is InChI=1S/C13H19N5O/c1-9-11(7-14)13(17(2)16-9)18(8-12(15)19)10-5-3-4-6-10/h10H,3-6,8H2,1-2H3,(H2,15,19). The summed E-state index contributed by atoms with van der Waals surface area (Å²) < 4.78 is 1.68. The maximum absolute atomic E-state index is 11.3. The molecule has 0 saturated heterocycles. The van der Waals surface area contributed by atoms with Crippen molar-refractivity contribution in [2.45, 2.75) is 38.6 Å². The summed E-state index contributed by atoms with van der Waals surface area (Å²) >= 11 is 0. The number of primary amides is 1. The summed E-state index contributed by atoms with van der Waals surface area (Å²) in [5, 5.41) is 13.6. The molecule has 6 heteroatoms. The first-order chi connectivity index (χ1) is 9.04. The van der Waals surface area contributed by atoms with Crippen LogP contribution in [0.5, 0.6) is 0 Å². The third-order valence-electron chi connectivity index (χ3n) is 3.67. The number of carbonyl (C=O) groups excluding carboxylic acids is 1. The van der Waals surface area contributed by atoms with E-state index >= 15 is 0 Å². The molecule has 19 heavy (non-hydrogen) atoms. The van der Waals surface area contributed by atoms with Gasteiger partial charge in [-0.1, -0.05) is 12.8 Å². The van der Waals surface area contributed by atoms with E-state index in [2.05, 4.69) is 11.2 Å². The molecule has 0 spiro atoms. The number of nitriles is 1. The van der Waals surface area contributed by atoms with E-state index in [9.17, 15) is 10.1 Å². The molecule has 0 aromatic carbocycles. The number of hydrogen-bond acceptors (Lipinski definition) is 4. The van der Waals surface area contributed by atoms with Gasteiger partial charge in [-0.2, -0.15) is 10.4 Å². The number of nitrogens with two attached hydrogens (primary N) is 1. The third kappa shape index (κ3) is 2.55. The molecule has 1 saturated carbocycles. The largest absolute Gasteiger partial charge is 0.368 e. The Kier molecular flexibility index (Phi) is 3.74. The van der Waals surface area contributed by atoms with E-state index < -0.39 is 0 Å². The Morgan fingerprint density at radius 3 is 2.74 bits per heavy atom. The van der Waals surface area contributed by atoms with Crippen LogP contribution in [-0.4, -0.2) is 28.3 Å². The molecule has 6 nitrogen and oxygen atoms in total. The highest BCUT2D eigenvalue weighted by Crippen LogP contribution is 2.30. The van der Waals surface area contributed by atoms with Crippen LogP contribution in [0.2, 0.25) is 0 Å². The highest BCUT2D eigenvalue weighted by Gasteiger charge is 2.29. The monoisotopic (exact) mass is 261 g/mol. The maximum atomic E-state index is 11.3. The van der Waals surface area contributed by atoms with E-state index in [0.717, 1.165) is 25.7 Å². The van der Waals surface area contributed by atoms with Crippen LogP contribution in [0.25, 0.3) is 0 Å². The zero-order valence-corrected chi connectivity index (χ0v) is 11.4. The van der Waals surface area contributed by atoms with Crippen LogP contribution in [0.15, 0.2) is 0 Å². The topological polar surface area (TPSA) is 87.9 Å². The van der Waals surface area contributed by atoms with E-state index in [0.29, 0.717) is 17.1 Å². The zero-order chi connectivity index (χ0) is 14.0. The molecule has 0 bridgehead atoms. The van der Waals surface area contributed by atoms with E-state index in [4.69, 9.17) is 5.73 Å². The van der Waals surface area contributed by atoms with Gasteiger partial charge in [-0.3, -0.25) is 9.48 Å². The normalized spacial score (nSPS) is 15.4. The molecular formula is C13H19N5O. The van der Waals surface area contributed by atoms with Gasteiger partial charge in [0.05, 0.1) is 12.2 Å². The predicted molar refractivity (Wildman–Crippen MR) is 71.5 cm³/mol. The second-order valence-corrected chi connectivity index (χ2v) is 5.05.